The van der Waals surface area contributed by atoms with E-state index in [-0.39, 0.29) is 23.4 Å². The summed E-state index contributed by atoms with van der Waals surface area (Å²) in [5, 5.41) is 0. The second-order valence-electron chi connectivity index (χ2n) is 9.62. The molecule has 4 nitrogen and oxygen atoms in total. The molecule has 3 aromatic rings. The summed E-state index contributed by atoms with van der Waals surface area (Å²) in [5.41, 5.74) is 7.49. The minimum absolute atomic E-state index is 0.0789. The van der Waals surface area contributed by atoms with Crippen LogP contribution in [0.25, 0.3) is 11.1 Å². The van der Waals surface area contributed by atoms with Crippen molar-refractivity contribution in [1.82, 2.24) is 4.98 Å². The van der Waals surface area contributed by atoms with Crippen molar-refractivity contribution >= 4 is 5.97 Å². The first-order chi connectivity index (χ1) is 18.4. The molecule has 1 atom stereocenters. The van der Waals surface area contributed by atoms with E-state index in [4.69, 9.17) is 9.47 Å². The molecule has 2 aromatic carbocycles. The Morgan fingerprint density at radius 3 is 2.21 bits per heavy atom. The molecule has 4 rings (SSSR count). The minimum atomic E-state index is -0.266. The molecule has 1 aromatic heterocycles. The molecule has 38 heavy (non-hydrogen) atoms. The van der Waals surface area contributed by atoms with Gasteiger partial charge in [0.1, 0.15) is 0 Å². The van der Waals surface area contributed by atoms with Crippen LogP contribution in [0.1, 0.15) is 81.7 Å². The maximum Gasteiger partial charge on any atom is 0.310 e. The highest BCUT2D eigenvalue weighted by Crippen LogP contribution is 2.40. The zero-order valence-corrected chi connectivity index (χ0v) is 24.0. The highest BCUT2D eigenvalue weighted by molar-refractivity contribution is 5.73. The Kier molecular flexibility index (Phi) is 9.89. The summed E-state index contributed by atoms with van der Waals surface area (Å²) in [7, 11) is 1.40. The number of nitrogens with zero attached hydrogens (tertiary/aromatic N) is 1. The quantitative estimate of drug-likeness (QED) is 0.179. The van der Waals surface area contributed by atoms with Crippen LogP contribution in [0.3, 0.4) is 0 Å². The summed E-state index contributed by atoms with van der Waals surface area (Å²) in [5.74, 6) is 6.42. The van der Waals surface area contributed by atoms with Crippen LogP contribution < -0.4 is 0 Å². The molecule has 1 fully saturated rings. The topological polar surface area (TPSA) is 51.7 Å². The maximum absolute atomic E-state index is 11.7. The largest absolute Gasteiger partial charge is 0.469 e. The van der Waals surface area contributed by atoms with Gasteiger partial charge in [0, 0.05) is 28.9 Å². The van der Waals surface area contributed by atoms with Gasteiger partial charge in [0.2, 0.25) is 0 Å². The summed E-state index contributed by atoms with van der Waals surface area (Å²) >= 11 is 0. The van der Waals surface area contributed by atoms with Gasteiger partial charge in [-0.3, -0.25) is 9.78 Å². The molecule has 0 N–H and O–H groups in total. The van der Waals surface area contributed by atoms with Gasteiger partial charge in [-0.1, -0.05) is 82.9 Å². The Morgan fingerprint density at radius 2 is 1.66 bits per heavy atom. The molecule has 1 unspecified atom stereocenters. The molecule has 1 saturated heterocycles. The molecule has 0 saturated carbocycles. The summed E-state index contributed by atoms with van der Waals surface area (Å²) in [6.07, 6.45) is 6.68. The zero-order valence-electron chi connectivity index (χ0n) is 24.0. The average molecular weight is 512 g/mol. The van der Waals surface area contributed by atoms with Crippen molar-refractivity contribution in [3.63, 3.8) is 0 Å². The van der Waals surface area contributed by atoms with Crippen molar-refractivity contribution in [3.05, 3.63) is 88.7 Å². The Balaban J connectivity index is 0.00000195. The molecular formula is C34H41NO3. The van der Waals surface area contributed by atoms with Crippen molar-refractivity contribution in [2.45, 2.75) is 78.2 Å². The Bertz CT molecular complexity index is 1290. The normalized spacial score (nSPS) is 16.0. The number of epoxide rings is 1. The van der Waals surface area contributed by atoms with Crippen LogP contribution in [0.2, 0.25) is 0 Å². The van der Waals surface area contributed by atoms with Crippen molar-refractivity contribution in [1.29, 1.82) is 0 Å². The van der Waals surface area contributed by atoms with E-state index in [0.29, 0.717) is 0 Å². The summed E-state index contributed by atoms with van der Waals surface area (Å²) in [6, 6.07) is 17.5. The van der Waals surface area contributed by atoms with Gasteiger partial charge in [-0.15, -0.1) is 0 Å². The number of pyridine rings is 1. The molecule has 2 heterocycles. The van der Waals surface area contributed by atoms with E-state index < -0.39 is 0 Å². The molecule has 0 amide bonds. The van der Waals surface area contributed by atoms with Crippen LogP contribution in [0.15, 0.2) is 60.9 Å². The fourth-order valence-electron chi connectivity index (χ4n) is 4.93. The van der Waals surface area contributed by atoms with Crippen molar-refractivity contribution in [3.8, 4) is 23.0 Å². The van der Waals surface area contributed by atoms with Crippen molar-refractivity contribution in [2.24, 2.45) is 0 Å². The Morgan fingerprint density at radius 1 is 1.00 bits per heavy atom. The smallest absolute Gasteiger partial charge is 0.310 e. The first-order valence-corrected chi connectivity index (χ1v) is 13.8. The van der Waals surface area contributed by atoms with Gasteiger partial charge in [0.15, 0.2) is 5.60 Å². The van der Waals surface area contributed by atoms with E-state index in [9.17, 15) is 4.79 Å². The number of benzene rings is 2. The fraction of sp³-hybridized carbons (Fsp3) is 0.412. The third kappa shape index (κ3) is 6.34. The van der Waals surface area contributed by atoms with Crippen molar-refractivity contribution in [2.75, 3.05) is 13.7 Å². The minimum Gasteiger partial charge on any atom is -0.469 e. The monoisotopic (exact) mass is 511 g/mol. The van der Waals surface area contributed by atoms with Crippen LogP contribution in [-0.2, 0) is 26.1 Å². The predicted molar refractivity (Wildman–Crippen MR) is 155 cm³/mol. The van der Waals surface area contributed by atoms with Crippen LogP contribution in [0.4, 0.5) is 0 Å². The van der Waals surface area contributed by atoms with Gasteiger partial charge >= 0.3 is 5.97 Å². The lowest BCUT2D eigenvalue weighted by atomic mass is 9.70. The fourth-order valence-corrected chi connectivity index (χ4v) is 4.93. The number of rotatable bonds is 8. The number of esters is 1. The van der Waals surface area contributed by atoms with Crippen molar-refractivity contribution < 1.29 is 14.3 Å². The van der Waals surface area contributed by atoms with E-state index in [1.54, 1.807) is 6.20 Å². The number of hydrogen-bond donors (Lipinski definition) is 0. The van der Waals surface area contributed by atoms with Gasteiger partial charge < -0.3 is 9.47 Å². The molecule has 0 aliphatic carbocycles. The molecular weight excluding hydrogens is 470 g/mol. The molecule has 1 aliphatic rings. The van der Waals surface area contributed by atoms with Gasteiger partial charge in [0.05, 0.1) is 20.1 Å². The number of methoxy groups -OCH3 is 1. The van der Waals surface area contributed by atoms with Crippen LogP contribution >= 0.6 is 0 Å². The van der Waals surface area contributed by atoms with E-state index in [1.165, 1.54) is 23.8 Å². The number of ether oxygens (including phenoxy) is 2. The zero-order chi connectivity index (χ0) is 27.8. The third-order valence-electron chi connectivity index (χ3n) is 7.62. The van der Waals surface area contributed by atoms with E-state index in [0.717, 1.165) is 48.1 Å². The molecule has 1 aliphatic heterocycles. The second-order valence-corrected chi connectivity index (χ2v) is 9.62. The molecule has 0 radical (unpaired) electrons. The SMILES string of the molecule is CC.CCC1(C#Cc2ccc(C(CC)(CC)c3ccc(-c4cncc(CC(=O)OC)c4)cc3)cc2C)CO1. The van der Waals surface area contributed by atoms with E-state index in [1.807, 2.05) is 26.1 Å². The van der Waals surface area contributed by atoms with E-state index >= 15 is 0 Å². The highest BCUT2D eigenvalue weighted by atomic mass is 16.6. The molecule has 0 spiro atoms. The van der Waals surface area contributed by atoms with Crippen LogP contribution in [-0.4, -0.2) is 30.3 Å². The summed E-state index contributed by atoms with van der Waals surface area (Å²) < 4.78 is 10.3. The predicted octanol–water partition coefficient (Wildman–Crippen LogP) is 7.44. The van der Waals surface area contributed by atoms with Gasteiger partial charge in [-0.2, -0.15) is 0 Å². The summed E-state index contributed by atoms with van der Waals surface area (Å²) in [4.78, 5) is 16.0. The first-order valence-electron chi connectivity index (χ1n) is 13.8. The molecule has 4 heteroatoms. The van der Waals surface area contributed by atoms with Gasteiger partial charge in [-0.25, -0.2) is 0 Å². The van der Waals surface area contributed by atoms with Gasteiger partial charge in [0.25, 0.3) is 0 Å². The highest BCUT2D eigenvalue weighted by Gasteiger charge is 2.41. The summed E-state index contributed by atoms with van der Waals surface area (Å²) in [6.45, 7) is 13.5. The molecule has 200 valence electrons. The lowest BCUT2D eigenvalue weighted by molar-refractivity contribution is -0.139. The van der Waals surface area contributed by atoms with Crippen LogP contribution in [0.5, 0.6) is 0 Å². The van der Waals surface area contributed by atoms with Gasteiger partial charge in [-0.05, 0) is 66.1 Å². The average Bonchev–Trinajstić information content (AvgIpc) is 3.75. The maximum atomic E-state index is 11.7. The standard InChI is InChI=1S/C32H35NO3.C2H6/c1-6-31(22-36-31)16-15-25-9-14-29(17-23(25)4)32(7-2,8-3)28-12-10-26(11-13-28)27-18-24(20-33-21-27)19-30(34)35-5;1-2/h9-14,17-18,20-21H,6-8,19,22H2,1-5H3;1-2H3. The first kappa shape index (κ1) is 29.1. The Hall–Kier alpha value is -3.42. The van der Waals surface area contributed by atoms with Crippen LogP contribution in [0, 0.1) is 18.8 Å². The third-order valence-corrected chi connectivity index (χ3v) is 7.62. The number of carbonyl (C=O) groups is 1. The second kappa shape index (κ2) is 12.9. The lowest BCUT2D eigenvalue weighted by Gasteiger charge is -2.34. The molecule has 0 bridgehead atoms. The number of aromatic nitrogens is 1. The number of hydrogen-bond acceptors (Lipinski definition) is 4. The van der Waals surface area contributed by atoms with E-state index in [2.05, 4.69) is 87.0 Å². The number of aryl methyl sites for hydroxylation is 1. The Labute approximate surface area is 228 Å². The number of carbonyl (C=O) groups excluding carboxylic acids is 1. The lowest BCUT2D eigenvalue weighted by Crippen LogP contribution is -2.26.